The molecule has 0 aliphatic carbocycles. The van der Waals surface area contributed by atoms with E-state index >= 15 is 0 Å². The molecule has 17 heavy (non-hydrogen) atoms. The summed E-state index contributed by atoms with van der Waals surface area (Å²) in [6.45, 7) is 1.39. The number of nitrogens with zero attached hydrogens (tertiary/aromatic N) is 2. The van der Waals surface area contributed by atoms with Crippen molar-refractivity contribution in [3.63, 3.8) is 0 Å². The van der Waals surface area contributed by atoms with Crippen LogP contribution >= 0.6 is 0 Å². The monoisotopic (exact) mass is 236 g/mol. The Morgan fingerprint density at radius 1 is 1.47 bits per heavy atom. The lowest BCUT2D eigenvalue weighted by atomic mass is 10.2. The lowest BCUT2D eigenvalue weighted by molar-refractivity contribution is -0.144. The lowest BCUT2D eigenvalue weighted by Gasteiger charge is -2.10. The smallest absolute Gasteiger partial charge is 0.344 e. The first kappa shape index (κ1) is 11.3. The summed E-state index contributed by atoms with van der Waals surface area (Å²) in [7, 11) is 0. The number of carbonyl (C=O) groups is 1. The Bertz CT molecular complexity index is 574. The van der Waals surface area contributed by atoms with Crippen molar-refractivity contribution in [1.82, 2.24) is 9.97 Å². The molecule has 0 aliphatic rings. The molecule has 0 aliphatic heterocycles. The average molecular weight is 236 g/mol. The van der Waals surface area contributed by atoms with Gasteiger partial charge in [-0.1, -0.05) is 0 Å². The maximum absolute atomic E-state index is 13.0. The van der Waals surface area contributed by atoms with Gasteiger partial charge in [0.15, 0.2) is 6.10 Å². The number of carboxylic acids is 1. The Morgan fingerprint density at radius 3 is 2.94 bits per heavy atom. The highest BCUT2D eigenvalue weighted by molar-refractivity contribution is 5.83. The van der Waals surface area contributed by atoms with Crippen molar-refractivity contribution in [3.05, 3.63) is 30.3 Å². The number of aromatic nitrogens is 2. The topological polar surface area (TPSA) is 72.3 Å². The van der Waals surface area contributed by atoms with Crippen molar-refractivity contribution in [2.75, 3.05) is 0 Å². The Balaban J connectivity index is 2.44. The van der Waals surface area contributed by atoms with E-state index in [1.54, 1.807) is 0 Å². The highest BCUT2D eigenvalue weighted by Gasteiger charge is 2.15. The molecule has 5 nitrogen and oxygen atoms in total. The van der Waals surface area contributed by atoms with Crippen LogP contribution in [0.25, 0.3) is 10.9 Å². The Labute approximate surface area is 95.9 Å². The summed E-state index contributed by atoms with van der Waals surface area (Å²) in [5, 5.41) is 9.21. The summed E-state index contributed by atoms with van der Waals surface area (Å²) < 4.78 is 18.1. The molecule has 0 fully saturated rings. The second-order valence-electron chi connectivity index (χ2n) is 3.44. The molecular formula is C11H9FN2O3. The zero-order valence-electron chi connectivity index (χ0n) is 8.92. The predicted molar refractivity (Wildman–Crippen MR) is 57.2 cm³/mol. The van der Waals surface area contributed by atoms with E-state index in [0.717, 1.165) is 0 Å². The van der Waals surface area contributed by atoms with Crippen LogP contribution in [-0.2, 0) is 4.79 Å². The number of hydrogen-bond acceptors (Lipinski definition) is 4. The molecule has 1 unspecified atom stereocenters. The van der Waals surface area contributed by atoms with Gasteiger partial charge < -0.3 is 9.84 Å². The normalized spacial score (nSPS) is 12.4. The first-order valence-corrected chi connectivity index (χ1v) is 4.87. The molecule has 2 aromatic rings. The molecule has 1 atom stereocenters. The Kier molecular flexibility index (Phi) is 2.86. The number of aliphatic carboxylic acids is 1. The Morgan fingerprint density at radius 2 is 2.24 bits per heavy atom. The molecule has 1 aromatic heterocycles. The first-order chi connectivity index (χ1) is 8.08. The number of hydrogen-bond donors (Lipinski definition) is 1. The average Bonchev–Trinajstić information content (AvgIpc) is 2.28. The number of carboxylic acid groups (broad SMARTS) is 1. The number of fused-ring (bicyclic) bond motifs is 1. The maximum Gasteiger partial charge on any atom is 0.344 e. The van der Waals surface area contributed by atoms with Gasteiger partial charge in [0, 0.05) is 6.07 Å². The van der Waals surface area contributed by atoms with E-state index in [1.807, 2.05) is 0 Å². The number of rotatable bonds is 3. The second-order valence-corrected chi connectivity index (χ2v) is 3.44. The summed E-state index contributed by atoms with van der Waals surface area (Å²) in [6.07, 6.45) is 0.171. The maximum atomic E-state index is 13.0. The minimum atomic E-state index is -1.10. The predicted octanol–water partition coefficient (Wildman–Crippen LogP) is 1.62. The fourth-order valence-electron chi connectivity index (χ4n) is 1.32. The molecule has 1 N–H and O–H groups in total. The fraction of sp³-hybridized carbons (Fsp3) is 0.182. The minimum absolute atomic E-state index is 0.130. The van der Waals surface area contributed by atoms with E-state index < -0.39 is 17.9 Å². The second kappa shape index (κ2) is 4.32. The highest BCUT2D eigenvalue weighted by Crippen LogP contribution is 2.22. The van der Waals surface area contributed by atoms with Crippen molar-refractivity contribution in [3.8, 4) is 5.88 Å². The summed E-state index contributed by atoms with van der Waals surface area (Å²) in [6, 6.07) is 3.92. The summed E-state index contributed by atoms with van der Waals surface area (Å²) >= 11 is 0. The molecule has 0 amide bonds. The van der Waals surface area contributed by atoms with Crippen molar-refractivity contribution >= 4 is 16.9 Å². The van der Waals surface area contributed by atoms with Gasteiger partial charge in [-0.2, -0.15) is 0 Å². The molecule has 0 saturated carbocycles. The van der Waals surface area contributed by atoms with Crippen molar-refractivity contribution < 1.29 is 19.0 Å². The van der Waals surface area contributed by atoms with Crippen LogP contribution in [0, 0.1) is 5.82 Å². The third kappa shape index (κ3) is 2.30. The zero-order chi connectivity index (χ0) is 12.4. The largest absolute Gasteiger partial charge is 0.479 e. The summed E-state index contributed by atoms with van der Waals surface area (Å²) in [5.74, 6) is -1.39. The third-order valence-corrected chi connectivity index (χ3v) is 2.20. The first-order valence-electron chi connectivity index (χ1n) is 4.87. The van der Waals surface area contributed by atoms with Gasteiger partial charge in [0.2, 0.25) is 5.88 Å². The van der Waals surface area contributed by atoms with Gasteiger partial charge in [0.05, 0.1) is 10.9 Å². The lowest BCUT2D eigenvalue weighted by Crippen LogP contribution is -2.23. The van der Waals surface area contributed by atoms with Gasteiger partial charge in [-0.3, -0.25) is 0 Å². The zero-order valence-corrected chi connectivity index (χ0v) is 8.92. The molecule has 0 saturated heterocycles. The van der Waals surface area contributed by atoms with E-state index in [4.69, 9.17) is 9.84 Å². The fourth-order valence-corrected chi connectivity index (χ4v) is 1.32. The van der Waals surface area contributed by atoms with Gasteiger partial charge in [-0.25, -0.2) is 19.2 Å². The summed E-state index contributed by atoms with van der Waals surface area (Å²) in [4.78, 5) is 18.4. The molecule has 1 heterocycles. The van der Waals surface area contributed by atoms with Crippen LogP contribution in [-0.4, -0.2) is 27.1 Å². The number of benzene rings is 1. The summed E-state index contributed by atoms with van der Waals surface area (Å²) in [5.41, 5.74) is 0.368. The minimum Gasteiger partial charge on any atom is -0.479 e. The Hall–Kier alpha value is -2.24. The van der Waals surface area contributed by atoms with Crippen LogP contribution < -0.4 is 4.74 Å². The van der Waals surface area contributed by atoms with Crippen LogP contribution in [0.15, 0.2) is 24.5 Å². The van der Waals surface area contributed by atoms with Crippen LogP contribution in [0.4, 0.5) is 4.39 Å². The van der Waals surface area contributed by atoms with Crippen molar-refractivity contribution in [2.24, 2.45) is 0 Å². The van der Waals surface area contributed by atoms with Crippen LogP contribution in [0.2, 0.25) is 0 Å². The van der Waals surface area contributed by atoms with Gasteiger partial charge in [-0.05, 0) is 19.1 Å². The SMILES string of the molecule is CC(Oc1ncnc2cc(F)ccc12)C(=O)O. The standard InChI is InChI=1S/C11H9FN2O3/c1-6(11(15)16)17-10-8-3-2-7(12)4-9(8)13-5-14-10/h2-6H,1H3,(H,15,16). The highest BCUT2D eigenvalue weighted by atomic mass is 19.1. The van der Waals surface area contributed by atoms with Gasteiger partial charge in [0.1, 0.15) is 12.1 Å². The molecule has 0 bridgehead atoms. The molecule has 2 rings (SSSR count). The molecule has 88 valence electrons. The van der Waals surface area contributed by atoms with E-state index in [2.05, 4.69) is 9.97 Å². The van der Waals surface area contributed by atoms with Crippen molar-refractivity contribution in [1.29, 1.82) is 0 Å². The van der Waals surface area contributed by atoms with Crippen LogP contribution in [0.1, 0.15) is 6.92 Å². The van der Waals surface area contributed by atoms with Gasteiger partial charge in [-0.15, -0.1) is 0 Å². The quantitative estimate of drug-likeness (QED) is 0.876. The van der Waals surface area contributed by atoms with Crippen LogP contribution in [0.3, 0.4) is 0 Å². The molecule has 0 radical (unpaired) electrons. The molecule has 1 aromatic carbocycles. The molecular weight excluding hydrogens is 227 g/mol. The van der Waals surface area contributed by atoms with E-state index in [-0.39, 0.29) is 5.88 Å². The van der Waals surface area contributed by atoms with Crippen molar-refractivity contribution in [2.45, 2.75) is 13.0 Å². The van der Waals surface area contributed by atoms with Gasteiger partial charge >= 0.3 is 5.97 Å². The molecule has 0 spiro atoms. The van der Waals surface area contributed by atoms with E-state index in [0.29, 0.717) is 10.9 Å². The van der Waals surface area contributed by atoms with Gasteiger partial charge in [0.25, 0.3) is 0 Å². The van der Waals surface area contributed by atoms with Crippen LogP contribution in [0.5, 0.6) is 5.88 Å². The number of ether oxygens (including phenoxy) is 1. The molecule has 6 heteroatoms. The third-order valence-electron chi connectivity index (χ3n) is 2.20. The number of halogens is 1. The van der Waals surface area contributed by atoms with E-state index in [9.17, 15) is 9.18 Å². The van der Waals surface area contributed by atoms with E-state index in [1.165, 1.54) is 31.5 Å².